The zero-order valence-electron chi connectivity index (χ0n) is 14.9. The monoisotopic (exact) mass is 498 g/mol. The molecule has 0 fully saturated rings. The Morgan fingerprint density at radius 1 is 0.963 bits per heavy atom. The van der Waals surface area contributed by atoms with Gasteiger partial charge in [0.05, 0.1) is 6.61 Å². The minimum atomic E-state index is 0. The van der Waals surface area contributed by atoms with Crippen LogP contribution in [0.25, 0.3) is 0 Å². The maximum absolute atomic E-state index is 8.72. The summed E-state index contributed by atoms with van der Waals surface area (Å²) < 4.78 is 7.02. The van der Waals surface area contributed by atoms with E-state index in [-0.39, 0.29) is 31.4 Å². The summed E-state index contributed by atoms with van der Waals surface area (Å²) in [5, 5.41) is 16.0. The number of nitrogens with one attached hydrogen (secondary N) is 2. The van der Waals surface area contributed by atoms with Crippen LogP contribution in [0.1, 0.15) is 17.5 Å². The van der Waals surface area contributed by atoms with E-state index in [9.17, 15) is 0 Å². The molecule has 0 aliphatic rings. The highest BCUT2D eigenvalue weighted by Gasteiger charge is 2.05. The minimum Gasteiger partial charge on any atom is -0.489 e. The van der Waals surface area contributed by atoms with Crippen LogP contribution in [-0.4, -0.2) is 31.3 Å². The molecule has 2 rings (SSSR count). The predicted molar refractivity (Wildman–Crippen MR) is 121 cm³/mol. The molecular formula is C19H26BrCl3N2O2. The molecule has 2 aromatic rings. The first-order valence-corrected chi connectivity index (χ1v) is 9.54. The Morgan fingerprint density at radius 3 is 2.37 bits per heavy atom. The molecule has 2 aromatic carbocycles. The topological polar surface area (TPSA) is 53.5 Å². The molecule has 0 amide bonds. The molecule has 27 heavy (non-hydrogen) atoms. The van der Waals surface area contributed by atoms with Gasteiger partial charge in [-0.25, -0.2) is 0 Å². The summed E-state index contributed by atoms with van der Waals surface area (Å²) in [5.74, 6) is 0.879. The fraction of sp³-hybridized carbons (Fsp3) is 0.368. The number of aliphatic hydroxyl groups excluding tert-OH is 1. The number of aliphatic hydroxyl groups is 1. The van der Waals surface area contributed by atoms with Gasteiger partial charge in [0.15, 0.2) is 0 Å². The molecule has 0 aliphatic carbocycles. The molecule has 152 valence electrons. The van der Waals surface area contributed by atoms with Crippen molar-refractivity contribution < 1.29 is 9.84 Å². The first-order chi connectivity index (χ1) is 12.2. The molecule has 0 saturated heterocycles. The highest BCUT2D eigenvalue weighted by atomic mass is 79.9. The predicted octanol–water partition coefficient (Wildman–Crippen LogP) is 4.59. The number of ether oxygens (including phenoxy) is 1. The third-order valence-corrected chi connectivity index (χ3v) is 4.39. The quantitative estimate of drug-likeness (QED) is 0.395. The molecule has 3 N–H and O–H groups in total. The van der Waals surface area contributed by atoms with Crippen molar-refractivity contribution in [1.29, 1.82) is 0 Å². The molecule has 0 bridgehead atoms. The lowest BCUT2D eigenvalue weighted by Crippen LogP contribution is -2.24. The van der Waals surface area contributed by atoms with Crippen LogP contribution >= 0.6 is 52.3 Å². The van der Waals surface area contributed by atoms with Gasteiger partial charge >= 0.3 is 0 Å². The number of rotatable bonds is 11. The maximum Gasteiger partial charge on any atom is 0.124 e. The standard InChI is InChI=1S/C19H24BrClN2O2.2ClH/c20-17-4-7-19(25-14-15-2-5-18(21)6-3-15)16(12-17)13-23-9-1-8-22-10-11-24;;/h2-7,12,22-24H,1,8-11,13-14H2;2*1H. The second kappa shape index (κ2) is 15.4. The zero-order chi connectivity index (χ0) is 17.9. The number of hydrogen-bond acceptors (Lipinski definition) is 4. The van der Waals surface area contributed by atoms with Crippen LogP contribution in [0.3, 0.4) is 0 Å². The average Bonchev–Trinajstić information content (AvgIpc) is 2.61. The van der Waals surface area contributed by atoms with Gasteiger partial charge < -0.3 is 20.5 Å². The first kappa shape index (κ1) is 26.5. The SMILES string of the molecule is Cl.Cl.OCCNCCCNCc1cc(Br)ccc1OCc1ccc(Cl)cc1. The lowest BCUT2D eigenvalue weighted by atomic mass is 10.2. The van der Waals surface area contributed by atoms with E-state index in [0.29, 0.717) is 13.2 Å². The first-order valence-electron chi connectivity index (χ1n) is 8.37. The van der Waals surface area contributed by atoms with E-state index in [2.05, 4.69) is 32.6 Å². The molecule has 0 aromatic heterocycles. The van der Waals surface area contributed by atoms with Crippen molar-refractivity contribution >= 4 is 52.3 Å². The van der Waals surface area contributed by atoms with Crippen molar-refractivity contribution in [3.8, 4) is 5.75 Å². The van der Waals surface area contributed by atoms with E-state index in [1.807, 2.05) is 36.4 Å². The van der Waals surface area contributed by atoms with Gasteiger partial charge in [0.1, 0.15) is 12.4 Å². The molecule has 0 atom stereocenters. The van der Waals surface area contributed by atoms with E-state index in [1.165, 1.54) is 0 Å². The zero-order valence-corrected chi connectivity index (χ0v) is 18.9. The summed E-state index contributed by atoms with van der Waals surface area (Å²) in [7, 11) is 0. The van der Waals surface area contributed by atoms with Gasteiger partial charge in [-0.05, 0) is 55.4 Å². The van der Waals surface area contributed by atoms with E-state index >= 15 is 0 Å². The van der Waals surface area contributed by atoms with Gasteiger partial charge in [-0.15, -0.1) is 24.8 Å². The molecule has 8 heteroatoms. The smallest absolute Gasteiger partial charge is 0.124 e. The molecule has 0 aliphatic heterocycles. The Labute approximate surface area is 187 Å². The second-order valence-electron chi connectivity index (χ2n) is 5.67. The molecule has 0 unspecified atom stereocenters. The van der Waals surface area contributed by atoms with Crippen LogP contribution in [0, 0.1) is 0 Å². The van der Waals surface area contributed by atoms with E-state index in [0.717, 1.165) is 52.4 Å². The summed E-state index contributed by atoms with van der Waals surface area (Å²) in [6, 6.07) is 13.7. The Kier molecular flexibility index (Phi) is 15.1. The average molecular weight is 501 g/mol. The summed E-state index contributed by atoms with van der Waals surface area (Å²) in [6.07, 6.45) is 1.01. The largest absolute Gasteiger partial charge is 0.489 e. The van der Waals surface area contributed by atoms with Crippen molar-refractivity contribution in [3.05, 3.63) is 63.1 Å². The maximum atomic E-state index is 8.72. The lowest BCUT2D eigenvalue weighted by Gasteiger charge is -2.13. The van der Waals surface area contributed by atoms with Crippen LogP contribution in [0.4, 0.5) is 0 Å². The van der Waals surface area contributed by atoms with Gasteiger partial charge in [0, 0.05) is 28.1 Å². The highest BCUT2D eigenvalue weighted by molar-refractivity contribution is 9.10. The van der Waals surface area contributed by atoms with Crippen molar-refractivity contribution in [1.82, 2.24) is 10.6 Å². The molecule has 0 radical (unpaired) electrons. The summed E-state index contributed by atoms with van der Waals surface area (Å²) >= 11 is 9.43. The van der Waals surface area contributed by atoms with Crippen LogP contribution < -0.4 is 15.4 Å². The van der Waals surface area contributed by atoms with Gasteiger partial charge in [-0.3, -0.25) is 0 Å². The van der Waals surface area contributed by atoms with Crippen molar-refractivity contribution in [3.63, 3.8) is 0 Å². The second-order valence-corrected chi connectivity index (χ2v) is 7.02. The molecule has 4 nitrogen and oxygen atoms in total. The Balaban J connectivity index is 0.00000338. The fourth-order valence-electron chi connectivity index (χ4n) is 2.33. The lowest BCUT2D eigenvalue weighted by molar-refractivity contribution is 0.292. The molecule has 0 saturated carbocycles. The van der Waals surface area contributed by atoms with Crippen molar-refractivity contribution in [2.24, 2.45) is 0 Å². The third kappa shape index (κ3) is 10.5. The van der Waals surface area contributed by atoms with Crippen LogP contribution in [0.5, 0.6) is 5.75 Å². The molecule has 0 spiro atoms. The van der Waals surface area contributed by atoms with E-state index < -0.39 is 0 Å². The van der Waals surface area contributed by atoms with Crippen molar-refractivity contribution in [2.45, 2.75) is 19.6 Å². The van der Waals surface area contributed by atoms with Crippen LogP contribution in [0.2, 0.25) is 5.02 Å². The summed E-state index contributed by atoms with van der Waals surface area (Å²) in [6.45, 7) is 3.88. The normalized spacial score (nSPS) is 10.0. The molecular weight excluding hydrogens is 474 g/mol. The highest BCUT2D eigenvalue weighted by Crippen LogP contribution is 2.24. The minimum absolute atomic E-state index is 0. The van der Waals surface area contributed by atoms with Gasteiger partial charge in [-0.1, -0.05) is 39.7 Å². The number of halogens is 4. The third-order valence-electron chi connectivity index (χ3n) is 3.64. The Bertz CT molecular complexity index is 645. The van der Waals surface area contributed by atoms with Crippen molar-refractivity contribution in [2.75, 3.05) is 26.2 Å². The van der Waals surface area contributed by atoms with Crippen LogP contribution in [0.15, 0.2) is 46.9 Å². The number of hydrogen-bond donors (Lipinski definition) is 3. The Morgan fingerprint density at radius 2 is 1.67 bits per heavy atom. The van der Waals surface area contributed by atoms with Crippen LogP contribution in [-0.2, 0) is 13.2 Å². The van der Waals surface area contributed by atoms with E-state index in [4.69, 9.17) is 21.4 Å². The fourth-order valence-corrected chi connectivity index (χ4v) is 2.87. The van der Waals surface area contributed by atoms with Gasteiger partial charge in [-0.2, -0.15) is 0 Å². The van der Waals surface area contributed by atoms with Gasteiger partial charge in [0.25, 0.3) is 0 Å². The summed E-state index contributed by atoms with van der Waals surface area (Å²) in [5.41, 5.74) is 2.20. The molecule has 0 heterocycles. The van der Waals surface area contributed by atoms with E-state index in [1.54, 1.807) is 0 Å². The number of benzene rings is 2. The summed E-state index contributed by atoms with van der Waals surface area (Å²) in [4.78, 5) is 0. The van der Waals surface area contributed by atoms with Gasteiger partial charge in [0.2, 0.25) is 0 Å². The Hall–Kier alpha value is -0.530.